The molecule has 8 nitrogen and oxygen atoms in total. The number of carboxylic acids is 1. The number of hydrogen-bond donors (Lipinski definition) is 2. The van der Waals surface area contributed by atoms with Gasteiger partial charge in [-0.3, -0.25) is 9.48 Å². The predicted octanol–water partition coefficient (Wildman–Crippen LogP) is 7.34. The van der Waals surface area contributed by atoms with E-state index < -0.39 is 11.6 Å². The fourth-order valence-electron chi connectivity index (χ4n) is 4.69. The highest BCUT2D eigenvalue weighted by molar-refractivity contribution is 7.22. The lowest BCUT2D eigenvalue weighted by Gasteiger charge is -2.13. The zero-order valence-electron chi connectivity index (χ0n) is 23.9. The molecule has 0 aliphatic heterocycles. The maximum atomic E-state index is 11.7. The molecule has 3 heterocycles. The van der Waals surface area contributed by atoms with Crippen LogP contribution in [0.15, 0.2) is 67.3 Å². The molecule has 0 unspecified atom stereocenters. The summed E-state index contributed by atoms with van der Waals surface area (Å²) in [5.74, 6) is -0.873. The van der Waals surface area contributed by atoms with Crippen molar-refractivity contribution in [2.24, 2.45) is 7.05 Å². The van der Waals surface area contributed by atoms with E-state index in [1.807, 2.05) is 61.1 Å². The molecule has 0 aliphatic carbocycles. The molecule has 3 aromatic heterocycles. The highest BCUT2D eigenvalue weighted by Gasteiger charge is 2.20. The fourth-order valence-corrected chi connectivity index (χ4v) is 5.95. The number of aryl methyl sites for hydroxylation is 2. The Balaban J connectivity index is 0.000000652. The Bertz CT molecular complexity index is 1900. The van der Waals surface area contributed by atoms with Crippen LogP contribution in [0.3, 0.4) is 0 Å². The Morgan fingerprint density at radius 2 is 1.64 bits per heavy atom. The predicted molar refractivity (Wildman–Crippen MR) is 169 cm³/mol. The Morgan fingerprint density at radius 3 is 2.29 bits per heavy atom. The third kappa shape index (κ3) is 6.33. The van der Waals surface area contributed by atoms with Crippen molar-refractivity contribution in [3.63, 3.8) is 0 Å². The minimum Gasteiger partial charge on any atom is -0.481 e. The Labute approximate surface area is 252 Å². The van der Waals surface area contributed by atoms with Crippen LogP contribution in [0.4, 0.5) is 0 Å². The summed E-state index contributed by atoms with van der Waals surface area (Å²) in [7, 11) is 1.91. The fraction of sp³-hybridized carbons (Fsp3) is 0.219. The highest BCUT2D eigenvalue weighted by Crippen LogP contribution is 2.42. The van der Waals surface area contributed by atoms with Crippen LogP contribution in [-0.2, 0) is 18.3 Å². The minimum absolute atomic E-state index is 0.0723. The summed E-state index contributed by atoms with van der Waals surface area (Å²) >= 11 is 7.70. The van der Waals surface area contributed by atoms with Crippen molar-refractivity contribution < 1.29 is 15.0 Å². The van der Waals surface area contributed by atoms with E-state index in [2.05, 4.69) is 16.0 Å². The summed E-state index contributed by atoms with van der Waals surface area (Å²) in [4.78, 5) is 25.0. The number of thiazole rings is 1. The minimum atomic E-state index is -0.873. The van der Waals surface area contributed by atoms with Gasteiger partial charge in [0.15, 0.2) is 0 Å². The number of nitrogens with zero attached hydrogens (tertiary/aromatic N) is 5. The SMILES string of the molecule is CC(C)(C)O.Cc1cc2nc(-c3ccc4c(c3)c(-c3cncnc3)nn4C)sc2c(-c2ccc(Cl)cc2)c1CC(=O)O. The van der Waals surface area contributed by atoms with Crippen molar-refractivity contribution in [2.75, 3.05) is 0 Å². The molecule has 0 bridgehead atoms. The molecule has 0 atom stereocenters. The van der Waals surface area contributed by atoms with Gasteiger partial charge in [0, 0.05) is 46.5 Å². The van der Waals surface area contributed by atoms with E-state index in [1.165, 1.54) is 6.33 Å². The number of halogens is 1. The lowest BCUT2D eigenvalue weighted by molar-refractivity contribution is -0.136. The van der Waals surface area contributed by atoms with E-state index in [9.17, 15) is 9.90 Å². The topological polar surface area (TPSA) is 114 Å². The molecule has 2 N–H and O–H groups in total. The number of aromatic nitrogens is 5. The first kappa shape index (κ1) is 29.3. The normalized spacial score (nSPS) is 11.5. The lowest BCUT2D eigenvalue weighted by atomic mass is 9.93. The maximum Gasteiger partial charge on any atom is 0.307 e. The van der Waals surface area contributed by atoms with Gasteiger partial charge in [0.25, 0.3) is 0 Å². The summed E-state index contributed by atoms with van der Waals surface area (Å²) < 4.78 is 2.79. The number of hydrogen-bond acceptors (Lipinski definition) is 7. The molecule has 3 aromatic carbocycles. The van der Waals surface area contributed by atoms with Crippen LogP contribution in [0, 0.1) is 6.92 Å². The smallest absolute Gasteiger partial charge is 0.307 e. The van der Waals surface area contributed by atoms with Gasteiger partial charge in [-0.05, 0) is 80.8 Å². The number of carbonyl (C=O) groups is 1. The molecule has 0 amide bonds. The summed E-state index contributed by atoms with van der Waals surface area (Å²) in [6, 6.07) is 15.6. The number of aliphatic carboxylic acids is 1. The van der Waals surface area contributed by atoms with E-state index in [0.29, 0.717) is 5.02 Å². The monoisotopic (exact) mass is 599 g/mol. The molecular weight excluding hydrogens is 570 g/mol. The van der Waals surface area contributed by atoms with Gasteiger partial charge >= 0.3 is 5.97 Å². The first-order chi connectivity index (χ1) is 19.9. The van der Waals surface area contributed by atoms with Crippen LogP contribution in [0.2, 0.25) is 5.02 Å². The van der Waals surface area contributed by atoms with Gasteiger partial charge in [-0.2, -0.15) is 5.10 Å². The molecule has 0 radical (unpaired) electrons. The van der Waals surface area contributed by atoms with Crippen LogP contribution in [0.5, 0.6) is 0 Å². The van der Waals surface area contributed by atoms with Crippen molar-refractivity contribution in [2.45, 2.75) is 39.7 Å². The van der Waals surface area contributed by atoms with Gasteiger partial charge in [0.05, 0.1) is 27.8 Å². The molecule has 10 heteroatoms. The maximum absolute atomic E-state index is 11.7. The number of aliphatic hydroxyl groups is 1. The van der Waals surface area contributed by atoms with Gasteiger partial charge < -0.3 is 10.2 Å². The van der Waals surface area contributed by atoms with E-state index in [4.69, 9.17) is 26.8 Å². The Kier molecular flexibility index (Phi) is 8.10. The van der Waals surface area contributed by atoms with Gasteiger partial charge in [0.2, 0.25) is 0 Å². The number of benzene rings is 3. The van der Waals surface area contributed by atoms with Crippen LogP contribution in [0.1, 0.15) is 31.9 Å². The average molecular weight is 600 g/mol. The summed E-state index contributed by atoms with van der Waals surface area (Å²) in [6.07, 6.45) is 4.94. The van der Waals surface area contributed by atoms with E-state index in [0.717, 1.165) is 65.2 Å². The Morgan fingerprint density at radius 1 is 1.00 bits per heavy atom. The second-order valence-corrected chi connectivity index (χ2v) is 12.4. The van der Waals surface area contributed by atoms with Crippen molar-refractivity contribution in [1.82, 2.24) is 24.7 Å². The second-order valence-electron chi connectivity index (χ2n) is 11.0. The number of rotatable bonds is 5. The summed E-state index contributed by atoms with van der Waals surface area (Å²) in [5, 5.41) is 25.3. The quantitative estimate of drug-likeness (QED) is 0.213. The van der Waals surface area contributed by atoms with E-state index >= 15 is 0 Å². The number of carboxylic acid groups (broad SMARTS) is 1. The molecule has 0 saturated carbocycles. The van der Waals surface area contributed by atoms with Crippen LogP contribution in [0.25, 0.3) is 54.1 Å². The Hall–Kier alpha value is -4.18. The molecule has 6 aromatic rings. The highest BCUT2D eigenvalue weighted by atomic mass is 35.5. The zero-order chi connectivity index (χ0) is 30.2. The van der Waals surface area contributed by atoms with Crippen LogP contribution in [-0.4, -0.2) is 46.5 Å². The first-order valence-electron chi connectivity index (χ1n) is 13.2. The molecule has 214 valence electrons. The molecule has 0 spiro atoms. The molecule has 42 heavy (non-hydrogen) atoms. The van der Waals surface area contributed by atoms with Gasteiger partial charge in [-0.15, -0.1) is 11.3 Å². The lowest BCUT2D eigenvalue weighted by Crippen LogP contribution is -2.10. The molecule has 0 fully saturated rings. The molecular formula is C32H30ClN5O3S. The van der Waals surface area contributed by atoms with Crippen molar-refractivity contribution in [1.29, 1.82) is 0 Å². The summed E-state index contributed by atoms with van der Waals surface area (Å²) in [5.41, 5.74) is 7.42. The number of fused-ring (bicyclic) bond motifs is 2. The molecule has 6 rings (SSSR count). The standard InChI is InChI=1S/C28H20ClN5O2S.C4H10O/c1-15-9-22-27(25(20(15)11-24(35)36)16-3-6-19(29)7-4-16)37-28(32-22)17-5-8-23-21(10-17)26(33-34(23)2)18-12-30-14-31-13-18;1-4(2,3)5/h3-10,12-14H,11H2,1-2H3,(H,35,36);5H,1-3H3. The van der Waals surface area contributed by atoms with E-state index in [-0.39, 0.29) is 6.42 Å². The zero-order valence-corrected chi connectivity index (χ0v) is 25.5. The first-order valence-corrected chi connectivity index (χ1v) is 14.4. The van der Waals surface area contributed by atoms with Crippen molar-refractivity contribution in [3.05, 3.63) is 83.4 Å². The second kappa shape index (κ2) is 11.6. The van der Waals surface area contributed by atoms with Gasteiger partial charge in [-0.1, -0.05) is 23.7 Å². The van der Waals surface area contributed by atoms with Gasteiger partial charge in [-0.25, -0.2) is 15.0 Å². The van der Waals surface area contributed by atoms with Crippen molar-refractivity contribution >= 4 is 50.0 Å². The third-order valence-corrected chi connectivity index (χ3v) is 7.79. The average Bonchev–Trinajstić information content (AvgIpc) is 3.49. The van der Waals surface area contributed by atoms with Gasteiger partial charge in [0.1, 0.15) is 17.0 Å². The van der Waals surface area contributed by atoms with E-state index in [1.54, 1.807) is 44.5 Å². The molecule has 0 aliphatic rings. The largest absolute Gasteiger partial charge is 0.481 e. The molecule has 0 saturated heterocycles. The summed E-state index contributed by atoms with van der Waals surface area (Å²) in [6.45, 7) is 7.17. The van der Waals surface area contributed by atoms with Crippen molar-refractivity contribution in [3.8, 4) is 33.0 Å². The van der Waals surface area contributed by atoms with Crippen LogP contribution < -0.4 is 0 Å². The van der Waals surface area contributed by atoms with Crippen LogP contribution >= 0.6 is 22.9 Å². The third-order valence-electron chi connectivity index (χ3n) is 6.40.